The normalized spacial score (nSPS) is 56.7. The monoisotopic (exact) mass is 252 g/mol. The standard InChI is InChI=1S/C14H20O4/c1-17-10-8-6-4-2-3-5-7-13-9(8)14(13,12(15)16)11(13)18-10/h8-11H,2-7H2,1H3,(H,15,16)/t8-,9-,10-,11+,13-,14+/m0/s1. The Morgan fingerprint density at radius 3 is 2.83 bits per heavy atom. The lowest BCUT2D eigenvalue weighted by atomic mass is 9.80. The molecule has 2 heterocycles. The SMILES string of the molecule is CO[C@H]1O[C@@H]2[C@]34CCCCCC[C@H]1[C@@H]3[C@]24C(=O)O. The molecule has 4 nitrogen and oxygen atoms in total. The van der Waals surface area contributed by atoms with Crippen LogP contribution in [0.2, 0.25) is 0 Å². The van der Waals surface area contributed by atoms with Crippen LogP contribution in [-0.2, 0) is 14.3 Å². The van der Waals surface area contributed by atoms with Crippen LogP contribution in [0.4, 0.5) is 0 Å². The number of ether oxygens (including phenoxy) is 2. The summed E-state index contributed by atoms with van der Waals surface area (Å²) in [5.74, 6) is -0.00359. The number of aliphatic carboxylic acids is 1. The number of hydrogen-bond donors (Lipinski definition) is 1. The minimum absolute atomic E-state index is 0.0110. The third-order valence-electron chi connectivity index (χ3n) is 6.04. The van der Waals surface area contributed by atoms with Crippen LogP contribution in [0, 0.1) is 22.7 Å². The van der Waals surface area contributed by atoms with Crippen LogP contribution in [0.3, 0.4) is 0 Å². The lowest BCUT2D eigenvalue weighted by Gasteiger charge is -2.40. The maximum absolute atomic E-state index is 11.7. The molecule has 0 radical (unpaired) electrons. The Kier molecular flexibility index (Phi) is 2.05. The van der Waals surface area contributed by atoms with Crippen LogP contribution < -0.4 is 0 Å². The smallest absolute Gasteiger partial charge is 0.313 e. The van der Waals surface area contributed by atoms with Gasteiger partial charge in [0.05, 0.1) is 6.10 Å². The first kappa shape index (κ1) is 11.2. The average Bonchev–Trinajstić information content (AvgIpc) is 3.17. The first-order chi connectivity index (χ1) is 8.71. The molecule has 3 saturated carbocycles. The van der Waals surface area contributed by atoms with E-state index in [0.29, 0.717) is 11.8 Å². The van der Waals surface area contributed by atoms with Gasteiger partial charge in [-0.05, 0) is 18.8 Å². The van der Waals surface area contributed by atoms with Crippen LogP contribution in [0.25, 0.3) is 0 Å². The molecule has 5 fully saturated rings. The predicted octanol–water partition coefficient (Wildman–Crippen LogP) is 2.03. The molecular formula is C14H20O4. The zero-order valence-corrected chi connectivity index (χ0v) is 10.7. The van der Waals surface area contributed by atoms with Crippen molar-refractivity contribution >= 4 is 5.97 Å². The average molecular weight is 252 g/mol. The van der Waals surface area contributed by atoms with E-state index in [2.05, 4.69) is 0 Å². The Balaban J connectivity index is 1.69. The number of carbonyl (C=O) groups is 1. The number of fused-ring (bicyclic) bond motifs is 1. The predicted molar refractivity (Wildman–Crippen MR) is 62.9 cm³/mol. The summed E-state index contributed by atoms with van der Waals surface area (Å²) in [6.45, 7) is 0. The van der Waals surface area contributed by atoms with E-state index >= 15 is 0 Å². The van der Waals surface area contributed by atoms with Gasteiger partial charge in [-0.2, -0.15) is 0 Å². The van der Waals surface area contributed by atoms with Gasteiger partial charge in [-0.15, -0.1) is 0 Å². The van der Waals surface area contributed by atoms with E-state index in [0.717, 1.165) is 19.3 Å². The van der Waals surface area contributed by atoms with Crippen LogP contribution in [0.15, 0.2) is 0 Å². The first-order valence-corrected chi connectivity index (χ1v) is 7.13. The van der Waals surface area contributed by atoms with E-state index < -0.39 is 11.4 Å². The molecule has 4 bridgehead atoms. The highest BCUT2D eigenvalue weighted by molar-refractivity contribution is 5.90. The van der Waals surface area contributed by atoms with Gasteiger partial charge in [-0.1, -0.05) is 25.7 Å². The Bertz CT molecular complexity index is 409. The van der Waals surface area contributed by atoms with Crippen molar-refractivity contribution in [3.63, 3.8) is 0 Å². The highest BCUT2D eigenvalue weighted by atomic mass is 16.7. The van der Waals surface area contributed by atoms with Gasteiger partial charge in [0.2, 0.25) is 0 Å². The minimum atomic E-state index is -0.627. The van der Waals surface area contributed by atoms with Crippen molar-refractivity contribution in [2.75, 3.05) is 7.11 Å². The summed E-state index contributed by atoms with van der Waals surface area (Å²) >= 11 is 0. The van der Waals surface area contributed by atoms with Crippen molar-refractivity contribution in [2.24, 2.45) is 22.7 Å². The van der Waals surface area contributed by atoms with Gasteiger partial charge in [0, 0.05) is 18.4 Å². The number of methoxy groups -OCH3 is 1. The molecule has 4 heteroatoms. The van der Waals surface area contributed by atoms with Gasteiger partial charge >= 0.3 is 5.97 Å². The summed E-state index contributed by atoms with van der Waals surface area (Å²) < 4.78 is 11.4. The van der Waals surface area contributed by atoms with Crippen LogP contribution in [0.1, 0.15) is 38.5 Å². The van der Waals surface area contributed by atoms with Crippen molar-refractivity contribution in [1.29, 1.82) is 0 Å². The van der Waals surface area contributed by atoms with E-state index in [1.54, 1.807) is 7.11 Å². The number of rotatable bonds is 2. The van der Waals surface area contributed by atoms with Crippen LogP contribution in [-0.4, -0.2) is 30.6 Å². The molecule has 1 N–H and O–H groups in total. The van der Waals surface area contributed by atoms with Crippen LogP contribution in [0.5, 0.6) is 0 Å². The molecule has 100 valence electrons. The molecule has 0 amide bonds. The van der Waals surface area contributed by atoms with Crippen molar-refractivity contribution < 1.29 is 19.4 Å². The van der Waals surface area contributed by atoms with Crippen molar-refractivity contribution in [2.45, 2.75) is 50.9 Å². The maximum Gasteiger partial charge on any atom is 0.313 e. The molecule has 5 rings (SSSR count). The first-order valence-electron chi connectivity index (χ1n) is 7.13. The van der Waals surface area contributed by atoms with E-state index in [4.69, 9.17) is 9.47 Å². The molecule has 1 spiro atoms. The molecule has 3 aliphatic carbocycles. The number of carboxylic acids is 1. The second kappa shape index (κ2) is 3.28. The quantitative estimate of drug-likeness (QED) is 0.817. The third-order valence-corrected chi connectivity index (χ3v) is 6.04. The van der Waals surface area contributed by atoms with Gasteiger partial charge < -0.3 is 14.6 Å². The Hall–Kier alpha value is -0.610. The molecule has 6 atom stereocenters. The highest BCUT2D eigenvalue weighted by Gasteiger charge is 3.05. The van der Waals surface area contributed by atoms with Gasteiger partial charge in [-0.25, -0.2) is 0 Å². The van der Waals surface area contributed by atoms with Crippen molar-refractivity contribution in [3.05, 3.63) is 0 Å². The molecule has 2 saturated heterocycles. The van der Waals surface area contributed by atoms with E-state index in [9.17, 15) is 9.90 Å². The minimum Gasteiger partial charge on any atom is -0.481 e. The van der Waals surface area contributed by atoms with Gasteiger partial charge in [-0.3, -0.25) is 4.79 Å². The van der Waals surface area contributed by atoms with E-state index in [-0.39, 0.29) is 17.8 Å². The molecule has 2 aliphatic heterocycles. The van der Waals surface area contributed by atoms with Gasteiger partial charge in [0.25, 0.3) is 0 Å². The van der Waals surface area contributed by atoms with Crippen LogP contribution >= 0.6 is 0 Å². The summed E-state index contributed by atoms with van der Waals surface area (Å²) in [6.07, 6.45) is 6.72. The van der Waals surface area contributed by atoms with Gasteiger partial charge in [0.1, 0.15) is 5.41 Å². The fraction of sp³-hybridized carbons (Fsp3) is 0.929. The second-order valence-corrected chi connectivity index (χ2v) is 6.43. The fourth-order valence-electron chi connectivity index (χ4n) is 5.35. The maximum atomic E-state index is 11.7. The highest BCUT2D eigenvalue weighted by Crippen LogP contribution is 2.96. The largest absolute Gasteiger partial charge is 0.481 e. The van der Waals surface area contributed by atoms with Gasteiger partial charge in [0.15, 0.2) is 6.29 Å². The molecule has 5 aliphatic rings. The zero-order valence-electron chi connectivity index (χ0n) is 10.7. The summed E-state index contributed by atoms with van der Waals surface area (Å²) in [7, 11) is 1.68. The van der Waals surface area contributed by atoms with Crippen molar-refractivity contribution in [3.8, 4) is 0 Å². The summed E-state index contributed by atoms with van der Waals surface area (Å²) in [4.78, 5) is 11.7. The summed E-state index contributed by atoms with van der Waals surface area (Å²) in [5.41, 5.74) is -0.535. The Morgan fingerprint density at radius 1 is 1.33 bits per heavy atom. The summed E-state index contributed by atoms with van der Waals surface area (Å²) in [6, 6.07) is 0. The molecule has 0 aromatic rings. The van der Waals surface area contributed by atoms with Crippen molar-refractivity contribution in [1.82, 2.24) is 0 Å². The van der Waals surface area contributed by atoms with E-state index in [1.807, 2.05) is 0 Å². The fourth-order valence-corrected chi connectivity index (χ4v) is 5.35. The third kappa shape index (κ3) is 0.935. The molecule has 18 heavy (non-hydrogen) atoms. The zero-order chi connectivity index (χ0) is 12.5. The second-order valence-electron chi connectivity index (χ2n) is 6.43. The lowest BCUT2D eigenvalue weighted by Crippen LogP contribution is -2.46. The summed E-state index contributed by atoms with van der Waals surface area (Å²) in [5, 5.41) is 9.59. The molecule has 0 unspecified atom stereocenters. The Morgan fingerprint density at radius 2 is 2.11 bits per heavy atom. The number of hydrogen-bond acceptors (Lipinski definition) is 3. The lowest BCUT2D eigenvalue weighted by molar-refractivity contribution is -0.237. The molecule has 0 aromatic carbocycles. The molecule has 0 aromatic heterocycles. The topological polar surface area (TPSA) is 55.8 Å². The number of carboxylic acid groups (broad SMARTS) is 1. The van der Waals surface area contributed by atoms with E-state index in [1.165, 1.54) is 19.3 Å². The Labute approximate surface area is 107 Å². The molecular weight excluding hydrogens is 232 g/mol.